The van der Waals surface area contributed by atoms with Crippen molar-refractivity contribution in [2.24, 2.45) is 33.9 Å². The second-order valence-electron chi connectivity index (χ2n) is 24.3. The van der Waals surface area contributed by atoms with Crippen molar-refractivity contribution in [2.45, 2.75) is 144 Å². The lowest BCUT2D eigenvalue weighted by Gasteiger charge is -2.40. The summed E-state index contributed by atoms with van der Waals surface area (Å²) in [5.41, 5.74) is 8.13. The van der Waals surface area contributed by atoms with Gasteiger partial charge in [-0.2, -0.15) is 5.10 Å². The summed E-state index contributed by atoms with van der Waals surface area (Å²) in [7, 11) is 3.23. The number of aliphatic carboxylic acids is 1. The molecule has 89 heavy (non-hydrogen) atoms. The van der Waals surface area contributed by atoms with Gasteiger partial charge in [0.25, 0.3) is 0 Å². The Morgan fingerprint density at radius 3 is 2.03 bits per heavy atom. The van der Waals surface area contributed by atoms with Crippen LogP contribution in [0.4, 0.5) is 26.7 Å². The number of nitrogens with one attached hydrogen (secondary N) is 8. The molecule has 4 aromatic carbocycles. The minimum atomic E-state index is -1.15. The van der Waals surface area contributed by atoms with Gasteiger partial charge in [0.2, 0.25) is 35.4 Å². The van der Waals surface area contributed by atoms with E-state index in [4.69, 9.17) is 21.7 Å². The number of ether oxygens (including phenoxy) is 1. The van der Waals surface area contributed by atoms with Crippen molar-refractivity contribution in [3.63, 3.8) is 0 Å². The van der Waals surface area contributed by atoms with Gasteiger partial charge in [0, 0.05) is 59.9 Å². The van der Waals surface area contributed by atoms with Crippen molar-refractivity contribution in [2.75, 3.05) is 36.2 Å². The number of carbonyl (C=O) groups excluding carboxylic acids is 8. The zero-order valence-electron chi connectivity index (χ0n) is 52.8. The number of para-hydroxylation sites is 1. The zero-order chi connectivity index (χ0) is 66.1. The maximum atomic E-state index is 14.2. The molecule has 24 nitrogen and oxygen atoms in total. The number of hydrazone groups is 1. The largest absolute Gasteiger partial charge is 0.478 e. The van der Waals surface area contributed by atoms with Crippen molar-refractivity contribution in [1.82, 2.24) is 31.5 Å². The second kappa shape index (κ2) is 31.5. The summed E-state index contributed by atoms with van der Waals surface area (Å²) in [6.07, 6.45) is 0.536. The van der Waals surface area contributed by atoms with E-state index in [1.165, 1.54) is 16.7 Å². The Kier molecular flexibility index (Phi) is 24.9. The minimum Gasteiger partial charge on any atom is -0.478 e. The summed E-state index contributed by atoms with van der Waals surface area (Å²) in [5.74, 6) is 1.03. The molecule has 1 aliphatic heterocycles. The molecule has 478 valence electrons. The normalized spacial score (nSPS) is 14.7. The number of likely N-dealkylation sites (N-methyl/N-ethyl adjacent to an activating group) is 2. The first-order valence-electron chi connectivity index (χ1n) is 29.5. The van der Waals surface area contributed by atoms with Gasteiger partial charge in [0.05, 0.1) is 30.0 Å². The highest BCUT2D eigenvalue weighted by Crippen LogP contribution is 2.33. The summed E-state index contributed by atoms with van der Waals surface area (Å²) in [5, 5.41) is 42.0. The molecule has 5 atom stereocenters. The van der Waals surface area contributed by atoms with E-state index in [2.05, 4.69) is 42.3 Å². The van der Waals surface area contributed by atoms with Gasteiger partial charge in [0.1, 0.15) is 30.4 Å². The standard InChI is InChI=1S/C65H87N13O11/c1-37(2)49(33-39(5)61(85)86)77(12)60(84)56(64(6,7)8)75-59(83)55(69-11)65(9,10)42-20-17-21-44(34-42)72-63(88)89-36-40-26-28-43(29-27-40)71-57(81)47(24-18-32-70-62(67)87)73-58(82)53(38(3)4)74-50(79)30-31-51(80)78-35-41-19-13-14-22-45(41)52(66)54(76-68)46-23-15-16-25-48(46)78/h13-17,19-23,25-29,33-34,37-38,47,49,53,55-56,66,69H,18,24,30-32,35-36,68H2,1-12H3,(H,71,81)(H,72,88)(H,73,82)(H,74,79)(H,75,83)(H,85,86)(H3,67,70,87)/b39-33+,66-52?,76-54?/t47-,49+,53-,55+,56?/m0/s1. The van der Waals surface area contributed by atoms with Crippen LogP contribution in [0.25, 0.3) is 0 Å². The second-order valence-corrected chi connectivity index (χ2v) is 24.3. The Labute approximate surface area is 520 Å². The number of primary amides is 1. The lowest BCUT2D eigenvalue weighted by molar-refractivity contribution is -0.141. The molecule has 9 amide bonds. The van der Waals surface area contributed by atoms with Crippen LogP contribution in [-0.4, -0.2) is 126 Å². The Bertz CT molecular complexity index is 3320. The topological polar surface area (TPSA) is 362 Å². The smallest absolute Gasteiger partial charge is 0.411 e. The lowest BCUT2D eigenvalue weighted by atomic mass is 9.76. The maximum absolute atomic E-state index is 14.2. The summed E-state index contributed by atoms with van der Waals surface area (Å²) in [6.45, 7) is 17.9. The van der Waals surface area contributed by atoms with Crippen molar-refractivity contribution in [3.8, 4) is 0 Å². The van der Waals surface area contributed by atoms with Gasteiger partial charge in [-0.1, -0.05) is 135 Å². The van der Waals surface area contributed by atoms with Gasteiger partial charge >= 0.3 is 18.1 Å². The van der Waals surface area contributed by atoms with E-state index >= 15 is 0 Å². The van der Waals surface area contributed by atoms with Crippen molar-refractivity contribution >= 4 is 82.0 Å². The van der Waals surface area contributed by atoms with E-state index in [-0.39, 0.29) is 74.2 Å². The molecule has 0 aliphatic carbocycles. The number of carboxylic acids is 1. The quantitative estimate of drug-likeness (QED) is 0.0140. The third kappa shape index (κ3) is 19.0. The van der Waals surface area contributed by atoms with Crippen LogP contribution in [-0.2, 0) is 56.9 Å². The molecule has 0 fully saturated rings. The van der Waals surface area contributed by atoms with E-state index in [1.807, 2.05) is 54.5 Å². The fourth-order valence-corrected chi connectivity index (χ4v) is 10.4. The Balaban J connectivity index is 1.19. The number of carbonyl (C=O) groups is 9. The molecule has 0 radical (unpaired) electrons. The van der Waals surface area contributed by atoms with Gasteiger partial charge < -0.3 is 63.1 Å². The van der Waals surface area contributed by atoms with Gasteiger partial charge in [-0.25, -0.2) is 14.4 Å². The van der Waals surface area contributed by atoms with Gasteiger partial charge in [-0.3, -0.25) is 39.5 Å². The monoisotopic (exact) mass is 1230 g/mol. The highest BCUT2D eigenvalue weighted by molar-refractivity contribution is 6.53. The van der Waals surface area contributed by atoms with Crippen LogP contribution < -0.4 is 53.7 Å². The van der Waals surface area contributed by atoms with Crippen LogP contribution in [0.1, 0.15) is 123 Å². The van der Waals surface area contributed by atoms with Crippen LogP contribution in [0.5, 0.6) is 0 Å². The molecule has 1 aliphatic rings. The highest BCUT2D eigenvalue weighted by Gasteiger charge is 2.42. The predicted octanol–water partition coefficient (Wildman–Crippen LogP) is 6.42. The van der Waals surface area contributed by atoms with E-state index < -0.39 is 94.6 Å². The van der Waals surface area contributed by atoms with Crippen LogP contribution in [0.2, 0.25) is 0 Å². The molecule has 4 aromatic rings. The first-order valence-corrected chi connectivity index (χ1v) is 29.5. The van der Waals surface area contributed by atoms with E-state index in [0.717, 1.165) is 0 Å². The average Bonchev–Trinajstić information content (AvgIpc) is 1.24. The maximum Gasteiger partial charge on any atom is 0.411 e. The number of anilines is 3. The molecule has 0 bridgehead atoms. The van der Waals surface area contributed by atoms with Crippen LogP contribution in [0, 0.1) is 22.7 Å². The number of urea groups is 1. The molecule has 0 saturated carbocycles. The Morgan fingerprint density at radius 1 is 0.775 bits per heavy atom. The summed E-state index contributed by atoms with van der Waals surface area (Å²) in [4.78, 5) is 123. The molecular weight excluding hydrogens is 1140 g/mol. The number of hydrogen-bond acceptors (Lipinski definition) is 14. The number of carboxylic acid groups (broad SMARTS) is 1. The van der Waals surface area contributed by atoms with E-state index in [0.29, 0.717) is 44.9 Å². The molecule has 0 spiro atoms. The number of fused-ring (bicyclic) bond motifs is 2. The highest BCUT2D eigenvalue weighted by atomic mass is 16.5. The average molecular weight is 1230 g/mol. The van der Waals surface area contributed by atoms with Crippen molar-refractivity contribution in [3.05, 3.63) is 137 Å². The molecule has 5 rings (SSSR count). The molecular formula is C65H87N13O11. The summed E-state index contributed by atoms with van der Waals surface area (Å²) < 4.78 is 5.56. The Morgan fingerprint density at radius 2 is 1.43 bits per heavy atom. The number of hydrogen-bond donors (Lipinski definition) is 11. The van der Waals surface area contributed by atoms with Crippen LogP contribution >= 0.6 is 0 Å². The van der Waals surface area contributed by atoms with Crippen molar-refractivity contribution in [1.29, 1.82) is 5.41 Å². The number of rotatable bonds is 26. The van der Waals surface area contributed by atoms with Crippen LogP contribution in [0.3, 0.4) is 0 Å². The predicted molar refractivity (Wildman–Crippen MR) is 342 cm³/mol. The van der Waals surface area contributed by atoms with E-state index in [1.54, 1.807) is 125 Å². The fraction of sp³-hybridized carbons (Fsp3) is 0.431. The van der Waals surface area contributed by atoms with E-state index in [9.17, 15) is 48.3 Å². The zero-order valence-corrected chi connectivity index (χ0v) is 52.8. The summed E-state index contributed by atoms with van der Waals surface area (Å²) in [6, 6.07) is 22.0. The number of nitrogens with zero attached hydrogens (tertiary/aromatic N) is 3. The Hall–Kier alpha value is -9.45. The third-order valence-corrected chi connectivity index (χ3v) is 15.5. The first kappa shape index (κ1) is 70.3. The van der Waals surface area contributed by atoms with Gasteiger partial charge in [0.15, 0.2) is 0 Å². The number of benzene rings is 4. The summed E-state index contributed by atoms with van der Waals surface area (Å²) >= 11 is 0. The first-order chi connectivity index (χ1) is 41.9. The molecule has 24 heteroatoms. The third-order valence-electron chi connectivity index (χ3n) is 15.5. The fourth-order valence-electron chi connectivity index (χ4n) is 10.4. The SMILES string of the molecule is CN[C@H](C(=O)NC(C(=O)N(C)[C@H](/C=C(\C)C(=O)O)C(C)C)C(C)(C)C)C(C)(C)c1cccc(NC(=O)OCc2ccc(NC(=O)[C@H](CCCNC(N)=O)NC(=O)[C@@H](NC(=O)CCC(=O)N3Cc4ccccc4C(=N)C(=NN)c4ccccc43)C(C)C)cc2)c1. The lowest BCUT2D eigenvalue weighted by Crippen LogP contribution is -2.61. The molecule has 1 heterocycles. The van der Waals surface area contributed by atoms with Gasteiger partial charge in [-0.05, 0) is 91.1 Å². The molecule has 0 saturated heterocycles. The van der Waals surface area contributed by atoms with Gasteiger partial charge in [-0.15, -0.1) is 0 Å². The number of nitrogens with two attached hydrogens (primary N) is 2. The molecule has 13 N–H and O–H groups in total. The van der Waals surface area contributed by atoms with Crippen LogP contribution in [0.15, 0.2) is 114 Å². The molecule has 1 unspecified atom stereocenters. The minimum absolute atomic E-state index is 0.0590. The molecule has 0 aromatic heterocycles. The van der Waals surface area contributed by atoms with Crippen molar-refractivity contribution < 1.29 is 53.0 Å². The number of amides is 9.